The summed E-state index contributed by atoms with van der Waals surface area (Å²) in [4.78, 5) is 23.4. The molecule has 0 fully saturated rings. The summed E-state index contributed by atoms with van der Waals surface area (Å²) in [6, 6.07) is 0. The van der Waals surface area contributed by atoms with Crippen molar-refractivity contribution in [2.75, 3.05) is 0 Å². The predicted molar refractivity (Wildman–Crippen MR) is 94.9 cm³/mol. The molecule has 0 saturated carbocycles. The van der Waals surface area contributed by atoms with E-state index in [1.807, 2.05) is 6.92 Å². The lowest BCUT2D eigenvalue weighted by Crippen LogP contribution is -2.38. The first kappa shape index (κ1) is 22.9. The van der Waals surface area contributed by atoms with Crippen LogP contribution in [-0.4, -0.2) is 33.4 Å². The molecule has 0 aromatic rings. The Balaban J connectivity index is 4.74. The average Bonchev–Trinajstić information content (AvgIpc) is 2.46. The van der Waals surface area contributed by atoms with Gasteiger partial charge in [-0.25, -0.2) is 0 Å². The van der Waals surface area contributed by atoms with Gasteiger partial charge in [-0.05, 0) is 32.6 Å². The van der Waals surface area contributed by atoms with E-state index in [1.165, 1.54) is 0 Å². The number of hydrogen-bond donors (Lipinski definition) is 2. The second kappa shape index (κ2) is 11.5. The fraction of sp³-hybridized carbons (Fsp3) is 0.895. The Morgan fingerprint density at radius 3 is 1.92 bits per heavy atom. The number of carboxylic acids is 1. The normalized spacial score (nSPS) is 16.2. The van der Waals surface area contributed by atoms with E-state index in [0.717, 1.165) is 38.5 Å². The Labute approximate surface area is 146 Å². The summed E-state index contributed by atoms with van der Waals surface area (Å²) in [5, 5.41) is 19.7. The lowest BCUT2D eigenvalue weighted by atomic mass is 9.89. The van der Waals surface area contributed by atoms with Gasteiger partial charge in [0, 0.05) is 0 Å². The van der Waals surface area contributed by atoms with E-state index in [0.29, 0.717) is 19.3 Å². The number of ether oxygens (including phenoxy) is 1. The molecule has 5 heteroatoms. The van der Waals surface area contributed by atoms with Crippen LogP contribution in [0.5, 0.6) is 0 Å². The zero-order chi connectivity index (χ0) is 18.6. The van der Waals surface area contributed by atoms with E-state index in [-0.39, 0.29) is 12.8 Å². The van der Waals surface area contributed by atoms with Crippen molar-refractivity contribution in [1.29, 1.82) is 0 Å². The molecule has 0 aliphatic rings. The molecule has 0 rings (SSSR count). The number of esters is 1. The molecule has 0 aliphatic heterocycles. The van der Waals surface area contributed by atoms with Gasteiger partial charge >= 0.3 is 11.9 Å². The number of carbonyl (C=O) groups is 2. The van der Waals surface area contributed by atoms with Crippen LogP contribution in [0.2, 0.25) is 0 Å². The van der Waals surface area contributed by atoms with Crippen molar-refractivity contribution in [1.82, 2.24) is 0 Å². The zero-order valence-corrected chi connectivity index (χ0v) is 15.9. The van der Waals surface area contributed by atoms with E-state index in [9.17, 15) is 14.7 Å². The highest BCUT2D eigenvalue weighted by molar-refractivity contribution is 5.73. The third-order valence-corrected chi connectivity index (χ3v) is 4.57. The number of aliphatic hydroxyl groups is 1. The van der Waals surface area contributed by atoms with Crippen molar-refractivity contribution >= 4 is 11.9 Å². The lowest BCUT2D eigenvalue weighted by molar-refractivity contribution is -0.168. The van der Waals surface area contributed by atoms with Gasteiger partial charge in [-0.3, -0.25) is 9.59 Å². The number of aliphatic carboxylic acids is 1. The summed E-state index contributed by atoms with van der Waals surface area (Å²) in [7, 11) is 0. The Hall–Kier alpha value is -1.10. The predicted octanol–water partition coefficient (Wildman–Crippen LogP) is 4.45. The number of hydrogen-bond acceptors (Lipinski definition) is 4. The SMILES string of the molecule is CCCCCC(O)(CC)CC(=O)OC(C)(CCCCC)CC(=O)O. The molecule has 0 saturated heterocycles. The van der Waals surface area contributed by atoms with Gasteiger partial charge in [0.2, 0.25) is 0 Å². The van der Waals surface area contributed by atoms with Gasteiger partial charge in [0.1, 0.15) is 5.60 Å². The zero-order valence-electron chi connectivity index (χ0n) is 15.9. The van der Waals surface area contributed by atoms with Gasteiger partial charge in [-0.2, -0.15) is 0 Å². The third kappa shape index (κ3) is 9.91. The quantitative estimate of drug-likeness (QED) is 0.359. The molecular formula is C19H36O5. The average molecular weight is 344 g/mol. The van der Waals surface area contributed by atoms with Gasteiger partial charge < -0.3 is 14.9 Å². The first-order valence-corrected chi connectivity index (χ1v) is 9.36. The van der Waals surface area contributed by atoms with E-state index < -0.39 is 23.1 Å². The van der Waals surface area contributed by atoms with Crippen molar-refractivity contribution in [3.05, 3.63) is 0 Å². The molecule has 0 aliphatic carbocycles. The maximum Gasteiger partial charge on any atom is 0.309 e. The summed E-state index contributed by atoms with van der Waals surface area (Å²) >= 11 is 0. The highest BCUT2D eigenvalue weighted by Gasteiger charge is 2.35. The molecule has 0 aromatic carbocycles. The molecule has 2 atom stereocenters. The van der Waals surface area contributed by atoms with Crippen molar-refractivity contribution < 1.29 is 24.5 Å². The molecule has 2 unspecified atom stereocenters. The monoisotopic (exact) mass is 344 g/mol. The third-order valence-electron chi connectivity index (χ3n) is 4.57. The summed E-state index contributed by atoms with van der Waals surface area (Å²) in [5.41, 5.74) is -2.06. The summed E-state index contributed by atoms with van der Waals surface area (Å²) in [6.07, 6.45) is 7.06. The minimum absolute atomic E-state index is 0.0732. The van der Waals surface area contributed by atoms with Crippen LogP contribution >= 0.6 is 0 Å². The van der Waals surface area contributed by atoms with Crippen LogP contribution < -0.4 is 0 Å². The Kier molecular flexibility index (Phi) is 10.9. The Bertz CT molecular complexity index is 382. The number of rotatable bonds is 14. The fourth-order valence-corrected chi connectivity index (χ4v) is 2.92. The second-order valence-electron chi connectivity index (χ2n) is 7.16. The van der Waals surface area contributed by atoms with E-state index >= 15 is 0 Å². The van der Waals surface area contributed by atoms with Crippen molar-refractivity contribution in [3.63, 3.8) is 0 Å². The summed E-state index contributed by atoms with van der Waals surface area (Å²) in [5.74, 6) is -1.48. The van der Waals surface area contributed by atoms with Gasteiger partial charge in [0.15, 0.2) is 0 Å². The molecule has 2 N–H and O–H groups in total. The maximum absolute atomic E-state index is 12.3. The van der Waals surface area contributed by atoms with Crippen LogP contribution in [0.4, 0.5) is 0 Å². The molecule has 5 nitrogen and oxygen atoms in total. The maximum atomic E-state index is 12.3. The Morgan fingerprint density at radius 1 is 0.917 bits per heavy atom. The van der Waals surface area contributed by atoms with E-state index in [2.05, 4.69) is 13.8 Å². The Morgan fingerprint density at radius 2 is 1.46 bits per heavy atom. The van der Waals surface area contributed by atoms with Gasteiger partial charge in [-0.15, -0.1) is 0 Å². The lowest BCUT2D eigenvalue weighted by Gasteiger charge is -2.31. The van der Waals surface area contributed by atoms with Gasteiger partial charge in [0.05, 0.1) is 18.4 Å². The standard InChI is InChI=1S/C19H36O5/c1-5-8-10-12-18(4,14-16(20)21)24-17(22)15-19(23,7-3)13-11-9-6-2/h23H,5-15H2,1-4H3,(H,20,21). The molecule has 24 heavy (non-hydrogen) atoms. The largest absolute Gasteiger partial charge is 0.481 e. The van der Waals surface area contributed by atoms with Crippen LogP contribution in [0, 0.1) is 0 Å². The summed E-state index contributed by atoms with van der Waals surface area (Å²) in [6.45, 7) is 7.69. The molecule has 0 amide bonds. The van der Waals surface area contributed by atoms with Gasteiger partial charge in [0.25, 0.3) is 0 Å². The van der Waals surface area contributed by atoms with Crippen LogP contribution in [0.15, 0.2) is 0 Å². The van der Waals surface area contributed by atoms with Gasteiger partial charge in [-0.1, -0.05) is 52.9 Å². The first-order chi connectivity index (χ1) is 11.2. The molecule has 0 radical (unpaired) electrons. The molecule has 0 aromatic heterocycles. The first-order valence-electron chi connectivity index (χ1n) is 9.36. The van der Waals surface area contributed by atoms with Crippen molar-refractivity contribution in [2.24, 2.45) is 0 Å². The summed E-state index contributed by atoms with van der Waals surface area (Å²) < 4.78 is 5.52. The second-order valence-corrected chi connectivity index (χ2v) is 7.16. The highest BCUT2D eigenvalue weighted by Crippen LogP contribution is 2.28. The minimum Gasteiger partial charge on any atom is -0.481 e. The molecule has 0 spiro atoms. The highest BCUT2D eigenvalue weighted by atomic mass is 16.6. The smallest absolute Gasteiger partial charge is 0.309 e. The van der Waals surface area contributed by atoms with E-state index in [1.54, 1.807) is 6.92 Å². The van der Waals surface area contributed by atoms with Crippen LogP contribution in [-0.2, 0) is 14.3 Å². The van der Waals surface area contributed by atoms with E-state index in [4.69, 9.17) is 9.84 Å². The molecule has 0 heterocycles. The molecule has 0 bridgehead atoms. The van der Waals surface area contributed by atoms with Crippen LogP contribution in [0.3, 0.4) is 0 Å². The fourth-order valence-electron chi connectivity index (χ4n) is 2.92. The number of carbonyl (C=O) groups excluding carboxylic acids is 1. The van der Waals surface area contributed by atoms with Crippen molar-refractivity contribution in [3.8, 4) is 0 Å². The van der Waals surface area contributed by atoms with Crippen molar-refractivity contribution in [2.45, 2.75) is 110 Å². The molecule has 142 valence electrons. The number of unbranched alkanes of at least 4 members (excludes halogenated alkanes) is 4. The number of carboxylic acid groups (broad SMARTS) is 1. The molecular weight excluding hydrogens is 308 g/mol. The topological polar surface area (TPSA) is 83.8 Å². The van der Waals surface area contributed by atoms with Crippen LogP contribution in [0.25, 0.3) is 0 Å². The van der Waals surface area contributed by atoms with Crippen LogP contribution in [0.1, 0.15) is 98.3 Å². The minimum atomic E-state index is -1.06.